The molecule has 0 aromatic rings. The monoisotopic (exact) mass is 171 g/mol. The van der Waals surface area contributed by atoms with E-state index in [1.54, 1.807) is 0 Å². The normalized spacial score (nSPS) is 28.9. The van der Waals surface area contributed by atoms with Crippen molar-refractivity contribution in [3.63, 3.8) is 0 Å². The van der Waals surface area contributed by atoms with Crippen LogP contribution in [0, 0.1) is 0 Å². The third kappa shape index (κ3) is 1.39. The molecular weight excluding hydrogens is 158 g/mol. The van der Waals surface area contributed by atoms with Crippen molar-refractivity contribution < 1.29 is 4.79 Å². The number of hydrogen-bond donors (Lipinski definition) is 1. The number of thioether (sulfide) groups is 1. The second-order valence-electron chi connectivity index (χ2n) is 3.44. The van der Waals surface area contributed by atoms with Crippen LogP contribution in [0.3, 0.4) is 0 Å². The first-order chi connectivity index (χ1) is 5.31. The molecule has 1 amide bonds. The van der Waals surface area contributed by atoms with Crippen molar-refractivity contribution in [2.24, 2.45) is 0 Å². The standard InChI is InChI=1S/C8H13NOS/c10-7-1-2-8(9-7)3-5-11-6-4-8/h1-6H2,(H,9,10). The Labute approximate surface area is 71.1 Å². The van der Waals surface area contributed by atoms with Crippen LogP contribution in [-0.4, -0.2) is 23.0 Å². The first-order valence-electron chi connectivity index (χ1n) is 4.20. The fraction of sp³-hybridized carbons (Fsp3) is 0.875. The van der Waals surface area contributed by atoms with E-state index in [0.717, 1.165) is 12.8 Å². The molecule has 1 spiro atoms. The number of carbonyl (C=O) groups is 1. The number of hydrogen-bond acceptors (Lipinski definition) is 2. The van der Waals surface area contributed by atoms with E-state index >= 15 is 0 Å². The van der Waals surface area contributed by atoms with Gasteiger partial charge in [-0.05, 0) is 30.8 Å². The Morgan fingerprint density at radius 1 is 1.27 bits per heavy atom. The average Bonchev–Trinajstić information content (AvgIpc) is 2.34. The maximum atomic E-state index is 11.0. The lowest BCUT2D eigenvalue weighted by molar-refractivity contribution is -0.119. The first kappa shape index (κ1) is 7.47. The highest BCUT2D eigenvalue weighted by molar-refractivity contribution is 7.99. The Balaban J connectivity index is 2.03. The zero-order valence-corrected chi connectivity index (χ0v) is 7.38. The predicted octanol–water partition coefficient (Wildman–Crippen LogP) is 1.16. The van der Waals surface area contributed by atoms with E-state index in [1.165, 1.54) is 24.3 Å². The topological polar surface area (TPSA) is 29.1 Å². The summed E-state index contributed by atoms with van der Waals surface area (Å²) in [6.45, 7) is 0. The van der Waals surface area contributed by atoms with Crippen LogP contribution in [0.5, 0.6) is 0 Å². The maximum absolute atomic E-state index is 11.0. The van der Waals surface area contributed by atoms with E-state index in [1.807, 2.05) is 11.8 Å². The van der Waals surface area contributed by atoms with Crippen LogP contribution in [0.25, 0.3) is 0 Å². The third-order valence-corrected chi connectivity index (χ3v) is 3.67. The Morgan fingerprint density at radius 2 is 2.00 bits per heavy atom. The molecule has 2 fully saturated rings. The fourth-order valence-corrected chi connectivity index (χ4v) is 3.18. The summed E-state index contributed by atoms with van der Waals surface area (Å²) in [5.74, 6) is 2.71. The zero-order chi connectivity index (χ0) is 7.73. The molecule has 2 saturated heterocycles. The van der Waals surface area contributed by atoms with Gasteiger partial charge in [0.25, 0.3) is 0 Å². The van der Waals surface area contributed by atoms with Crippen LogP contribution in [-0.2, 0) is 4.79 Å². The van der Waals surface area contributed by atoms with Crippen molar-refractivity contribution in [1.82, 2.24) is 5.32 Å². The smallest absolute Gasteiger partial charge is 0.220 e. The highest BCUT2D eigenvalue weighted by Gasteiger charge is 2.38. The summed E-state index contributed by atoms with van der Waals surface area (Å²) >= 11 is 2.01. The van der Waals surface area contributed by atoms with Gasteiger partial charge in [-0.1, -0.05) is 0 Å². The van der Waals surface area contributed by atoms with Gasteiger partial charge in [-0.2, -0.15) is 11.8 Å². The van der Waals surface area contributed by atoms with Crippen molar-refractivity contribution in [3.8, 4) is 0 Å². The van der Waals surface area contributed by atoms with Gasteiger partial charge in [0.1, 0.15) is 0 Å². The van der Waals surface area contributed by atoms with Gasteiger partial charge in [-0.25, -0.2) is 0 Å². The Morgan fingerprint density at radius 3 is 2.55 bits per heavy atom. The van der Waals surface area contributed by atoms with Crippen LogP contribution in [0.2, 0.25) is 0 Å². The molecular formula is C8H13NOS. The van der Waals surface area contributed by atoms with Crippen LogP contribution in [0.1, 0.15) is 25.7 Å². The van der Waals surface area contributed by atoms with Gasteiger partial charge in [0, 0.05) is 12.0 Å². The lowest BCUT2D eigenvalue weighted by atomic mass is 9.91. The largest absolute Gasteiger partial charge is 0.351 e. The van der Waals surface area contributed by atoms with E-state index in [-0.39, 0.29) is 11.4 Å². The SMILES string of the molecule is O=C1CCC2(CCSCC2)N1. The first-order valence-corrected chi connectivity index (χ1v) is 5.35. The lowest BCUT2D eigenvalue weighted by Gasteiger charge is -2.32. The molecule has 3 heteroatoms. The molecule has 0 saturated carbocycles. The van der Waals surface area contributed by atoms with Crippen molar-refractivity contribution in [3.05, 3.63) is 0 Å². The molecule has 2 heterocycles. The number of amides is 1. The van der Waals surface area contributed by atoms with Crippen molar-refractivity contribution in [1.29, 1.82) is 0 Å². The Kier molecular flexibility index (Phi) is 1.83. The quantitative estimate of drug-likeness (QED) is 0.592. The average molecular weight is 171 g/mol. The molecule has 0 aliphatic carbocycles. The number of rotatable bonds is 0. The predicted molar refractivity (Wildman–Crippen MR) is 46.7 cm³/mol. The van der Waals surface area contributed by atoms with Gasteiger partial charge in [0.2, 0.25) is 5.91 Å². The van der Waals surface area contributed by atoms with Gasteiger partial charge >= 0.3 is 0 Å². The summed E-state index contributed by atoms with van der Waals surface area (Å²) in [6, 6.07) is 0. The number of carbonyl (C=O) groups excluding carboxylic acids is 1. The van der Waals surface area contributed by atoms with E-state index in [2.05, 4.69) is 5.32 Å². The summed E-state index contributed by atoms with van der Waals surface area (Å²) in [7, 11) is 0. The van der Waals surface area contributed by atoms with E-state index < -0.39 is 0 Å². The summed E-state index contributed by atoms with van der Waals surface area (Å²) in [4.78, 5) is 11.0. The van der Waals surface area contributed by atoms with Gasteiger partial charge in [0.05, 0.1) is 0 Å². The minimum Gasteiger partial charge on any atom is -0.351 e. The second-order valence-corrected chi connectivity index (χ2v) is 4.67. The molecule has 0 unspecified atom stereocenters. The molecule has 2 aliphatic rings. The molecule has 0 radical (unpaired) electrons. The molecule has 0 aromatic heterocycles. The summed E-state index contributed by atoms with van der Waals surface area (Å²) in [6.07, 6.45) is 4.20. The molecule has 62 valence electrons. The summed E-state index contributed by atoms with van der Waals surface area (Å²) < 4.78 is 0. The van der Waals surface area contributed by atoms with Gasteiger partial charge in [0.15, 0.2) is 0 Å². The van der Waals surface area contributed by atoms with Crippen LogP contribution in [0.4, 0.5) is 0 Å². The zero-order valence-electron chi connectivity index (χ0n) is 6.56. The molecule has 0 atom stereocenters. The Hall–Kier alpha value is -0.180. The fourth-order valence-electron chi connectivity index (χ4n) is 1.91. The van der Waals surface area contributed by atoms with Gasteiger partial charge < -0.3 is 5.32 Å². The van der Waals surface area contributed by atoms with Gasteiger partial charge in [-0.3, -0.25) is 4.79 Å². The molecule has 2 nitrogen and oxygen atoms in total. The molecule has 0 bridgehead atoms. The van der Waals surface area contributed by atoms with Crippen molar-refractivity contribution in [2.45, 2.75) is 31.2 Å². The van der Waals surface area contributed by atoms with E-state index in [9.17, 15) is 4.79 Å². The minimum absolute atomic E-state index is 0.225. The third-order valence-electron chi connectivity index (χ3n) is 2.69. The van der Waals surface area contributed by atoms with Crippen molar-refractivity contribution >= 4 is 17.7 Å². The molecule has 1 N–H and O–H groups in total. The van der Waals surface area contributed by atoms with Crippen LogP contribution in [0.15, 0.2) is 0 Å². The maximum Gasteiger partial charge on any atom is 0.220 e. The Bertz CT molecular complexity index is 175. The molecule has 2 aliphatic heterocycles. The van der Waals surface area contributed by atoms with Crippen molar-refractivity contribution in [2.75, 3.05) is 11.5 Å². The summed E-state index contributed by atoms with van der Waals surface area (Å²) in [5, 5.41) is 3.12. The van der Waals surface area contributed by atoms with Crippen LogP contribution >= 0.6 is 11.8 Å². The van der Waals surface area contributed by atoms with Gasteiger partial charge in [-0.15, -0.1) is 0 Å². The highest BCUT2D eigenvalue weighted by atomic mass is 32.2. The molecule has 11 heavy (non-hydrogen) atoms. The molecule has 2 rings (SSSR count). The van der Waals surface area contributed by atoms with E-state index in [0.29, 0.717) is 0 Å². The lowest BCUT2D eigenvalue weighted by Crippen LogP contribution is -2.44. The minimum atomic E-state index is 0.225. The van der Waals surface area contributed by atoms with E-state index in [4.69, 9.17) is 0 Å². The highest BCUT2D eigenvalue weighted by Crippen LogP contribution is 2.33. The summed E-state index contributed by atoms with van der Waals surface area (Å²) in [5.41, 5.74) is 0.225. The molecule has 0 aromatic carbocycles. The second kappa shape index (κ2) is 2.70. The van der Waals surface area contributed by atoms with Crippen LogP contribution < -0.4 is 5.32 Å². The number of nitrogens with one attached hydrogen (secondary N) is 1.